The second-order valence-electron chi connectivity index (χ2n) is 3.36. The van der Waals surface area contributed by atoms with Crippen molar-refractivity contribution in [1.29, 1.82) is 0 Å². The van der Waals surface area contributed by atoms with Crippen molar-refractivity contribution in [2.24, 2.45) is 7.05 Å². The molecule has 1 N–H and O–H groups in total. The molecular weight excluding hydrogens is 190 g/mol. The second-order valence-corrected chi connectivity index (χ2v) is 3.72. The van der Waals surface area contributed by atoms with Gasteiger partial charge in [0.05, 0.1) is 12.4 Å². The summed E-state index contributed by atoms with van der Waals surface area (Å²) in [5.41, 5.74) is 0. The number of nitrogens with zero attached hydrogens (tertiary/aromatic N) is 3. The van der Waals surface area contributed by atoms with E-state index in [0.29, 0.717) is 11.7 Å². The highest BCUT2D eigenvalue weighted by Crippen LogP contribution is 2.26. The highest BCUT2D eigenvalue weighted by Gasteiger charge is 2.24. The van der Waals surface area contributed by atoms with Crippen LogP contribution in [0.25, 0.3) is 0 Å². The zero-order chi connectivity index (χ0) is 9.42. The van der Waals surface area contributed by atoms with Crippen LogP contribution in [-0.2, 0) is 7.05 Å². The number of β-amino-alcohol motifs (C(OH)–C–C–N with tert-alkyl or cyclic N) is 1. The lowest BCUT2D eigenvalue weighted by molar-refractivity contribution is 0.198. The normalized spacial score (nSPS) is 22.7. The van der Waals surface area contributed by atoms with Crippen molar-refractivity contribution < 1.29 is 5.11 Å². The molecule has 1 atom stereocenters. The van der Waals surface area contributed by atoms with Gasteiger partial charge >= 0.3 is 0 Å². The SMILES string of the molecule is Cn1cnc(Cl)c1N1CCC(O)C1. The fourth-order valence-corrected chi connectivity index (χ4v) is 1.98. The minimum atomic E-state index is -0.231. The maximum atomic E-state index is 9.37. The molecule has 4 nitrogen and oxygen atoms in total. The van der Waals surface area contributed by atoms with Crippen molar-refractivity contribution in [3.8, 4) is 0 Å². The molecule has 0 aromatic carbocycles. The van der Waals surface area contributed by atoms with Gasteiger partial charge in [-0.15, -0.1) is 0 Å². The average molecular weight is 202 g/mol. The van der Waals surface area contributed by atoms with Crippen LogP contribution in [0.15, 0.2) is 6.33 Å². The van der Waals surface area contributed by atoms with Crippen molar-refractivity contribution in [3.63, 3.8) is 0 Å². The highest BCUT2D eigenvalue weighted by atomic mass is 35.5. The van der Waals surface area contributed by atoms with Crippen LogP contribution in [0.5, 0.6) is 0 Å². The van der Waals surface area contributed by atoms with Crippen LogP contribution in [0.4, 0.5) is 5.82 Å². The van der Waals surface area contributed by atoms with Gasteiger partial charge in [0.1, 0.15) is 5.82 Å². The summed E-state index contributed by atoms with van der Waals surface area (Å²) in [6, 6.07) is 0. The molecule has 0 saturated carbocycles. The Hall–Kier alpha value is -0.740. The minimum absolute atomic E-state index is 0.231. The summed E-state index contributed by atoms with van der Waals surface area (Å²) in [5.74, 6) is 0.901. The van der Waals surface area contributed by atoms with E-state index in [2.05, 4.69) is 9.88 Å². The van der Waals surface area contributed by atoms with Gasteiger partial charge in [-0.25, -0.2) is 4.98 Å². The molecule has 1 fully saturated rings. The third kappa shape index (κ3) is 1.51. The maximum absolute atomic E-state index is 9.37. The van der Waals surface area contributed by atoms with Gasteiger partial charge in [-0.1, -0.05) is 11.6 Å². The number of aryl methyl sites for hydroxylation is 1. The number of hydrogen-bond acceptors (Lipinski definition) is 3. The monoisotopic (exact) mass is 201 g/mol. The van der Waals surface area contributed by atoms with E-state index >= 15 is 0 Å². The quantitative estimate of drug-likeness (QED) is 0.725. The average Bonchev–Trinajstić information content (AvgIpc) is 2.60. The molecule has 1 aliphatic heterocycles. The van der Waals surface area contributed by atoms with Gasteiger partial charge in [0.25, 0.3) is 0 Å². The summed E-state index contributed by atoms with van der Waals surface area (Å²) in [5, 5.41) is 9.88. The van der Waals surface area contributed by atoms with Crippen molar-refractivity contribution in [2.75, 3.05) is 18.0 Å². The van der Waals surface area contributed by atoms with Crippen molar-refractivity contribution >= 4 is 17.4 Å². The molecule has 2 rings (SSSR count). The van der Waals surface area contributed by atoms with E-state index in [4.69, 9.17) is 11.6 Å². The standard InChI is InChI=1S/C8H12ClN3O/c1-11-5-10-7(9)8(11)12-3-2-6(13)4-12/h5-6,13H,2-4H2,1H3. The smallest absolute Gasteiger partial charge is 0.171 e. The Kier molecular flexibility index (Phi) is 2.17. The number of rotatable bonds is 1. The van der Waals surface area contributed by atoms with Gasteiger partial charge < -0.3 is 14.6 Å². The molecule has 1 aromatic heterocycles. The molecule has 0 amide bonds. The van der Waals surface area contributed by atoms with Gasteiger partial charge in [0.15, 0.2) is 5.15 Å². The number of aromatic nitrogens is 2. The third-order valence-corrected chi connectivity index (χ3v) is 2.59. The van der Waals surface area contributed by atoms with Crippen LogP contribution in [0, 0.1) is 0 Å². The summed E-state index contributed by atoms with van der Waals surface area (Å²) in [7, 11) is 1.90. The molecule has 1 saturated heterocycles. The topological polar surface area (TPSA) is 41.3 Å². The number of aliphatic hydroxyl groups is 1. The molecule has 1 aromatic rings. The summed E-state index contributed by atoms with van der Waals surface area (Å²) in [6.07, 6.45) is 2.26. The van der Waals surface area contributed by atoms with E-state index in [-0.39, 0.29) is 6.10 Å². The van der Waals surface area contributed by atoms with E-state index in [1.54, 1.807) is 6.33 Å². The zero-order valence-corrected chi connectivity index (χ0v) is 8.20. The zero-order valence-electron chi connectivity index (χ0n) is 7.44. The Labute approximate surface area is 81.7 Å². The Morgan fingerprint density at radius 1 is 1.69 bits per heavy atom. The van der Waals surface area contributed by atoms with Crippen LogP contribution in [0.2, 0.25) is 5.15 Å². The van der Waals surface area contributed by atoms with Gasteiger partial charge in [0, 0.05) is 20.1 Å². The van der Waals surface area contributed by atoms with Gasteiger partial charge in [-0.05, 0) is 6.42 Å². The molecule has 0 spiro atoms. The van der Waals surface area contributed by atoms with Crippen LogP contribution < -0.4 is 4.90 Å². The Bertz CT molecular complexity index is 293. The molecule has 2 heterocycles. The highest BCUT2D eigenvalue weighted by molar-refractivity contribution is 6.31. The van der Waals surface area contributed by atoms with Crippen LogP contribution in [-0.4, -0.2) is 33.9 Å². The number of imidazole rings is 1. The van der Waals surface area contributed by atoms with E-state index in [1.165, 1.54) is 0 Å². The Balaban J connectivity index is 2.25. The summed E-state index contributed by atoms with van der Waals surface area (Å²) in [6.45, 7) is 1.50. The first-order chi connectivity index (χ1) is 6.18. The molecule has 0 aliphatic carbocycles. The molecule has 13 heavy (non-hydrogen) atoms. The minimum Gasteiger partial charge on any atom is -0.391 e. The lowest BCUT2D eigenvalue weighted by atomic mass is 10.3. The van der Waals surface area contributed by atoms with Crippen molar-refractivity contribution in [1.82, 2.24) is 9.55 Å². The second kappa shape index (κ2) is 3.20. The predicted octanol–water partition coefficient (Wildman–Crippen LogP) is 0.644. The lowest BCUT2D eigenvalue weighted by Crippen LogP contribution is -2.23. The van der Waals surface area contributed by atoms with Gasteiger partial charge in [-0.2, -0.15) is 0 Å². The number of anilines is 1. The maximum Gasteiger partial charge on any atom is 0.171 e. The first-order valence-corrected chi connectivity index (χ1v) is 4.66. The van der Waals surface area contributed by atoms with Crippen LogP contribution >= 0.6 is 11.6 Å². The third-order valence-electron chi connectivity index (χ3n) is 2.33. The van der Waals surface area contributed by atoms with E-state index in [0.717, 1.165) is 18.8 Å². The number of hydrogen-bond donors (Lipinski definition) is 1. The molecular formula is C8H12ClN3O. The Morgan fingerprint density at radius 3 is 2.92 bits per heavy atom. The summed E-state index contributed by atoms with van der Waals surface area (Å²) < 4.78 is 1.88. The fourth-order valence-electron chi connectivity index (χ4n) is 1.68. The van der Waals surface area contributed by atoms with Crippen molar-refractivity contribution in [2.45, 2.75) is 12.5 Å². The largest absolute Gasteiger partial charge is 0.391 e. The molecule has 0 bridgehead atoms. The predicted molar refractivity (Wildman–Crippen MR) is 51.1 cm³/mol. The van der Waals surface area contributed by atoms with Gasteiger partial charge in [-0.3, -0.25) is 0 Å². The Morgan fingerprint density at radius 2 is 2.46 bits per heavy atom. The molecule has 72 valence electrons. The van der Waals surface area contributed by atoms with E-state index in [9.17, 15) is 5.11 Å². The first kappa shape index (κ1) is 8.84. The fraction of sp³-hybridized carbons (Fsp3) is 0.625. The molecule has 5 heteroatoms. The number of aliphatic hydroxyl groups excluding tert-OH is 1. The van der Waals surface area contributed by atoms with Crippen LogP contribution in [0.1, 0.15) is 6.42 Å². The first-order valence-electron chi connectivity index (χ1n) is 4.28. The summed E-state index contributed by atoms with van der Waals surface area (Å²) in [4.78, 5) is 6.05. The van der Waals surface area contributed by atoms with Crippen molar-refractivity contribution in [3.05, 3.63) is 11.5 Å². The summed E-state index contributed by atoms with van der Waals surface area (Å²) >= 11 is 5.92. The van der Waals surface area contributed by atoms with Crippen LogP contribution in [0.3, 0.4) is 0 Å². The van der Waals surface area contributed by atoms with E-state index in [1.807, 2.05) is 11.6 Å². The van der Waals surface area contributed by atoms with E-state index < -0.39 is 0 Å². The van der Waals surface area contributed by atoms with Gasteiger partial charge in [0.2, 0.25) is 0 Å². The molecule has 1 unspecified atom stereocenters. The lowest BCUT2D eigenvalue weighted by Gasteiger charge is -2.17. The molecule has 0 radical (unpaired) electrons. The number of halogens is 1. The molecule has 1 aliphatic rings.